The number of nitrogens with one attached hydrogen (secondary N) is 1. The SMILES string of the molecule is CC(=O)c1c[nH]c(C(=O)N2CCN(c3ccc(S(=O)(=O)N4CCOCC4)cn3)CC2)c1. The van der Waals surface area contributed by atoms with E-state index in [-0.39, 0.29) is 16.6 Å². The Morgan fingerprint density at radius 1 is 1.06 bits per heavy atom. The first-order valence-electron chi connectivity index (χ1n) is 10.1. The first-order valence-corrected chi connectivity index (χ1v) is 11.6. The van der Waals surface area contributed by atoms with Crippen LogP contribution in [0.4, 0.5) is 5.82 Å². The van der Waals surface area contributed by atoms with Crippen molar-refractivity contribution >= 4 is 27.5 Å². The molecule has 11 heteroatoms. The number of anilines is 1. The van der Waals surface area contributed by atoms with Crippen molar-refractivity contribution in [2.24, 2.45) is 0 Å². The van der Waals surface area contributed by atoms with E-state index in [1.54, 1.807) is 29.3 Å². The number of piperazine rings is 1. The van der Waals surface area contributed by atoms with Crippen molar-refractivity contribution in [3.63, 3.8) is 0 Å². The second kappa shape index (κ2) is 8.77. The first kappa shape index (κ1) is 21.5. The zero-order chi connectivity index (χ0) is 22.0. The summed E-state index contributed by atoms with van der Waals surface area (Å²) in [6.45, 7) is 5.09. The van der Waals surface area contributed by atoms with E-state index in [4.69, 9.17) is 4.74 Å². The van der Waals surface area contributed by atoms with Crippen LogP contribution in [0.25, 0.3) is 0 Å². The standard InChI is InChI=1S/C20H25N5O5S/c1-15(26)16-12-18(21-13-16)20(27)24-6-4-23(5-7-24)19-3-2-17(14-22-19)31(28,29)25-8-10-30-11-9-25/h2-3,12-14,21H,4-11H2,1H3. The maximum absolute atomic E-state index is 12.7. The average Bonchev–Trinajstić information content (AvgIpc) is 3.30. The third-order valence-electron chi connectivity index (χ3n) is 5.54. The highest BCUT2D eigenvalue weighted by Gasteiger charge is 2.28. The van der Waals surface area contributed by atoms with Gasteiger partial charge in [-0.15, -0.1) is 0 Å². The van der Waals surface area contributed by atoms with E-state index in [9.17, 15) is 18.0 Å². The first-order chi connectivity index (χ1) is 14.9. The zero-order valence-corrected chi connectivity index (χ0v) is 18.1. The van der Waals surface area contributed by atoms with Crippen molar-refractivity contribution in [1.29, 1.82) is 0 Å². The smallest absolute Gasteiger partial charge is 0.270 e. The lowest BCUT2D eigenvalue weighted by Crippen LogP contribution is -2.49. The summed E-state index contributed by atoms with van der Waals surface area (Å²) >= 11 is 0. The van der Waals surface area contributed by atoms with Crippen LogP contribution in [0.3, 0.4) is 0 Å². The summed E-state index contributed by atoms with van der Waals surface area (Å²) in [6.07, 6.45) is 2.93. The maximum Gasteiger partial charge on any atom is 0.270 e. The lowest BCUT2D eigenvalue weighted by atomic mass is 10.2. The van der Waals surface area contributed by atoms with E-state index in [0.29, 0.717) is 69.6 Å². The number of amides is 1. The summed E-state index contributed by atoms with van der Waals surface area (Å²) in [4.78, 5) is 35.2. The Balaban J connectivity index is 1.37. The Morgan fingerprint density at radius 2 is 1.77 bits per heavy atom. The van der Waals surface area contributed by atoms with Crippen LogP contribution in [-0.2, 0) is 14.8 Å². The normalized spacial score (nSPS) is 18.2. The maximum atomic E-state index is 12.7. The molecule has 0 atom stereocenters. The monoisotopic (exact) mass is 447 g/mol. The molecule has 1 N–H and O–H groups in total. The number of pyridine rings is 1. The third kappa shape index (κ3) is 4.48. The molecule has 2 aliphatic heterocycles. The molecule has 0 aromatic carbocycles. The fourth-order valence-corrected chi connectivity index (χ4v) is 5.03. The van der Waals surface area contributed by atoms with Gasteiger partial charge in [0, 0.05) is 57.2 Å². The van der Waals surface area contributed by atoms with Gasteiger partial charge in [0.15, 0.2) is 5.78 Å². The number of aromatic amines is 1. The third-order valence-corrected chi connectivity index (χ3v) is 7.42. The number of hydrogen-bond donors (Lipinski definition) is 1. The fourth-order valence-electron chi connectivity index (χ4n) is 3.68. The molecule has 10 nitrogen and oxygen atoms in total. The molecule has 1 amide bonds. The van der Waals surface area contributed by atoms with Gasteiger partial charge in [-0.3, -0.25) is 9.59 Å². The highest BCUT2D eigenvalue weighted by atomic mass is 32.2. The van der Waals surface area contributed by atoms with Crippen molar-refractivity contribution < 1.29 is 22.7 Å². The van der Waals surface area contributed by atoms with Crippen LogP contribution in [-0.4, -0.2) is 91.8 Å². The minimum Gasteiger partial charge on any atom is -0.379 e. The van der Waals surface area contributed by atoms with Gasteiger partial charge in [-0.1, -0.05) is 0 Å². The molecule has 2 aliphatic rings. The average molecular weight is 448 g/mol. The van der Waals surface area contributed by atoms with Crippen LogP contribution in [0.1, 0.15) is 27.8 Å². The molecular weight excluding hydrogens is 422 g/mol. The number of carbonyl (C=O) groups is 2. The van der Waals surface area contributed by atoms with Crippen molar-refractivity contribution in [3.05, 3.63) is 41.9 Å². The van der Waals surface area contributed by atoms with Gasteiger partial charge in [-0.05, 0) is 25.1 Å². The van der Waals surface area contributed by atoms with Gasteiger partial charge in [-0.25, -0.2) is 13.4 Å². The van der Waals surface area contributed by atoms with E-state index < -0.39 is 10.0 Å². The molecule has 0 spiro atoms. The highest BCUT2D eigenvalue weighted by Crippen LogP contribution is 2.20. The van der Waals surface area contributed by atoms with Gasteiger partial charge >= 0.3 is 0 Å². The molecule has 166 valence electrons. The topological polar surface area (TPSA) is 116 Å². The summed E-state index contributed by atoms with van der Waals surface area (Å²) < 4.78 is 32.1. The van der Waals surface area contributed by atoms with E-state index in [2.05, 4.69) is 9.97 Å². The molecule has 0 saturated carbocycles. The van der Waals surface area contributed by atoms with Crippen molar-refractivity contribution in [2.45, 2.75) is 11.8 Å². The number of carbonyl (C=O) groups excluding carboxylic acids is 2. The Hall–Kier alpha value is -2.76. The predicted octanol–water partition coefficient (Wildman–Crippen LogP) is 0.596. The van der Waals surface area contributed by atoms with Crippen molar-refractivity contribution in [2.75, 3.05) is 57.4 Å². The number of hydrogen-bond acceptors (Lipinski definition) is 7. The second-order valence-corrected chi connectivity index (χ2v) is 9.44. The number of H-pyrrole nitrogens is 1. The molecule has 31 heavy (non-hydrogen) atoms. The van der Waals surface area contributed by atoms with Gasteiger partial charge in [0.1, 0.15) is 16.4 Å². The number of aromatic nitrogens is 2. The highest BCUT2D eigenvalue weighted by molar-refractivity contribution is 7.89. The molecule has 2 aromatic heterocycles. The summed E-state index contributed by atoms with van der Waals surface area (Å²) in [7, 11) is -3.57. The molecule has 0 radical (unpaired) electrons. The number of sulfonamides is 1. The summed E-state index contributed by atoms with van der Waals surface area (Å²) in [6, 6.07) is 4.86. The number of rotatable bonds is 5. The van der Waals surface area contributed by atoms with Crippen molar-refractivity contribution in [1.82, 2.24) is 19.2 Å². The lowest BCUT2D eigenvalue weighted by Gasteiger charge is -2.35. The number of nitrogens with zero attached hydrogens (tertiary/aromatic N) is 4. The summed E-state index contributed by atoms with van der Waals surface area (Å²) in [5.74, 6) is 0.434. The Morgan fingerprint density at radius 3 is 2.35 bits per heavy atom. The van der Waals surface area contributed by atoms with E-state index >= 15 is 0 Å². The van der Waals surface area contributed by atoms with Crippen LogP contribution < -0.4 is 4.90 Å². The molecule has 0 unspecified atom stereocenters. The second-order valence-electron chi connectivity index (χ2n) is 7.51. The molecular formula is C20H25N5O5S. The van der Waals surface area contributed by atoms with Gasteiger partial charge < -0.3 is 19.5 Å². The molecule has 2 aromatic rings. The van der Waals surface area contributed by atoms with Crippen LogP contribution in [0.5, 0.6) is 0 Å². The summed E-state index contributed by atoms with van der Waals surface area (Å²) in [5, 5.41) is 0. The molecule has 4 rings (SSSR count). The van der Waals surface area contributed by atoms with Crippen LogP contribution in [0, 0.1) is 0 Å². The lowest BCUT2D eigenvalue weighted by molar-refractivity contribution is 0.0730. The van der Waals surface area contributed by atoms with E-state index in [0.717, 1.165) is 0 Å². The minimum absolute atomic E-state index is 0.0923. The van der Waals surface area contributed by atoms with Crippen LogP contribution in [0.2, 0.25) is 0 Å². The Labute approximate surface area is 180 Å². The zero-order valence-electron chi connectivity index (χ0n) is 17.3. The Kier molecular flexibility index (Phi) is 6.08. The van der Waals surface area contributed by atoms with Crippen LogP contribution in [0.15, 0.2) is 35.5 Å². The molecule has 4 heterocycles. The van der Waals surface area contributed by atoms with Crippen molar-refractivity contribution in [3.8, 4) is 0 Å². The number of ether oxygens (including phenoxy) is 1. The quantitative estimate of drug-likeness (QED) is 0.667. The van der Waals surface area contributed by atoms with Crippen LogP contribution >= 0.6 is 0 Å². The number of morpholine rings is 1. The van der Waals surface area contributed by atoms with E-state index in [1.807, 2.05) is 4.90 Å². The van der Waals surface area contributed by atoms with Gasteiger partial charge in [0.2, 0.25) is 10.0 Å². The van der Waals surface area contributed by atoms with E-state index in [1.165, 1.54) is 17.4 Å². The molecule has 2 fully saturated rings. The molecule has 0 aliphatic carbocycles. The molecule has 2 saturated heterocycles. The van der Waals surface area contributed by atoms with Gasteiger partial charge in [0.05, 0.1) is 13.2 Å². The Bertz CT molecular complexity index is 1050. The summed E-state index contributed by atoms with van der Waals surface area (Å²) in [5.41, 5.74) is 0.882. The largest absolute Gasteiger partial charge is 0.379 e. The number of ketones is 1. The van der Waals surface area contributed by atoms with Gasteiger partial charge in [-0.2, -0.15) is 4.31 Å². The predicted molar refractivity (Wildman–Crippen MR) is 113 cm³/mol. The minimum atomic E-state index is -3.57. The number of Topliss-reactive ketones (excluding diaryl/α,β-unsaturated/α-hetero) is 1. The molecule has 0 bridgehead atoms. The fraction of sp³-hybridized carbons (Fsp3) is 0.450. The van der Waals surface area contributed by atoms with Gasteiger partial charge in [0.25, 0.3) is 5.91 Å².